The molecule has 1 saturated heterocycles. The van der Waals surface area contributed by atoms with Gasteiger partial charge in [0.2, 0.25) is 11.8 Å². The summed E-state index contributed by atoms with van der Waals surface area (Å²) in [7, 11) is 0. The lowest BCUT2D eigenvalue weighted by atomic mass is 10.0. The van der Waals surface area contributed by atoms with Crippen molar-refractivity contribution in [2.45, 2.75) is 44.4 Å². The summed E-state index contributed by atoms with van der Waals surface area (Å²) in [4.78, 5) is 47.0. The van der Waals surface area contributed by atoms with Gasteiger partial charge in [0.15, 0.2) is 0 Å². The summed E-state index contributed by atoms with van der Waals surface area (Å²) in [5.41, 5.74) is 2.42. The van der Waals surface area contributed by atoms with Crippen molar-refractivity contribution >= 4 is 17.7 Å². The molecule has 0 radical (unpaired) electrons. The minimum atomic E-state index is -0.543. The van der Waals surface area contributed by atoms with Crippen molar-refractivity contribution in [1.29, 1.82) is 5.26 Å². The van der Waals surface area contributed by atoms with Gasteiger partial charge in [-0.3, -0.25) is 14.4 Å². The van der Waals surface area contributed by atoms with E-state index in [0.717, 1.165) is 11.1 Å². The number of rotatable bonds is 4. The summed E-state index contributed by atoms with van der Waals surface area (Å²) in [5, 5.41) is 21.5. The van der Waals surface area contributed by atoms with E-state index in [1.54, 1.807) is 11.0 Å². The Balaban J connectivity index is 1.38. The molecule has 0 aliphatic carbocycles. The molecule has 3 aromatic rings. The minimum Gasteiger partial charge on any atom is -0.457 e. The van der Waals surface area contributed by atoms with Gasteiger partial charge >= 0.3 is 0 Å². The average molecular weight is 598 g/mol. The largest absolute Gasteiger partial charge is 0.457 e. The van der Waals surface area contributed by atoms with Crippen LogP contribution >= 0.6 is 0 Å². The van der Waals surface area contributed by atoms with Crippen molar-refractivity contribution in [2.75, 3.05) is 32.8 Å². The fourth-order valence-corrected chi connectivity index (χ4v) is 5.37. The molecule has 4 bridgehead atoms. The molecule has 11 nitrogen and oxygen atoms in total. The van der Waals surface area contributed by atoms with Crippen LogP contribution in [0.2, 0.25) is 0 Å². The van der Waals surface area contributed by atoms with Crippen molar-refractivity contribution in [2.24, 2.45) is 0 Å². The number of amides is 3. The van der Waals surface area contributed by atoms with Crippen molar-refractivity contribution in [3.05, 3.63) is 89.2 Å². The normalized spacial score (nSPS) is 19.5. The quantitative estimate of drug-likeness (QED) is 0.467. The molecule has 4 heterocycles. The second-order valence-corrected chi connectivity index (χ2v) is 10.9. The van der Waals surface area contributed by atoms with E-state index in [9.17, 15) is 19.5 Å². The Kier molecular flexibility index (Phi) is 10.2. The summed E-state index contributed by atoms with van der Waals surface area (Å²) >= 11 is 0. The number of pyridine rings is 1. The number of carbonyl (C=O) groups excluding carboxylic acids is 3. The molecule has 3 aliphatic rings. The van der Waals surface area contributed by atoms with Crippen molar-refractivity contribution < 1.29 is 29.0 Å². The third-order valence-electron chi connectivity index (χ3n) is 7.73. The number of aryl methyl sites for hydroxylation is 1. The number of hydrogen-bond donors (Lipinski definition) is 2. The number of nitriles is 1. The van der Waals surface area contributed by atoms with E-state index < -0.39 is 12.1 Å². The molecule has 44 heavy (non-hydrogen) atoms. The molecule has 3 amide bonds. The van der Waals surface area contributed by atoms with Crippen LogP contribution in [0.15, 0.2) is 66.9 Å². The first-order chi connectivity index (χ1) is 21.4. The highest BCUT2D eigenvalue weighted by atomic mass is 16.5. The van der Waals surface area contributed by atoms with Gasteiger partial charge in [-0.05, 0) is 66.8 Å². The van der Waals surface area contributed by atoms with E-state index in [1.165, 1.54) is 17.2 Å². The Morgan fingerprint density at radius 2 is 1.91 bits per heavy atom. The molecule has 1 aromatic heterocycles. The maximum absolute atomic E-state index is 13.4. The van der Waals surface area contributed by atoms with Crippen LogP contribution in [0, 0.1) is 11.3 Å². The third kappa shape index (κ3) is 7.98. The fraction of sp³-hybridized carbons (Fsp3) is 0.364. The Labute approximate surface area is 256 Å². The second-order valence-electron chi connectivity index (χ2n) is 10.9. The lowest BCUT2D eigenvalue weighted by molar-refractivity contribution is -0.137. The molecule has 2 atom stereocenters. The zero-order valence-electron chi connectivity index (χ0n) is 24.4. The molecule has 228 valence electrons. The predicted octanol–water partition coefficient (Wildman–Crippen LogP) is 2.82. The molecule has 3 aliphatic heterocycles. The lowest BCUT2D eigenvalue weighted by Crippen LogP contribution is -2.58. The fourth-order valence-electron chi connectivity index (χ4n) is 5.37. The predicted molar refractivity (Wildman–Crippen MR) is 160 cm³/mol. The van der Waals surface area contributed by atoms with Gasteiger partial charge in [0, 0.05) is 38.9 Å². The van der Waals surface area contributed by atoms with Gasteiger partial charge in [0.1, 0.15) is 23.3 Å². The zero-order valence-corrected chi connectivity index (χ0v) is 24.4. The highest BCUT2D eigenvalue weighted by molar-refractivity contribution is 5.94. The molecule has 2 N–H and O–H groups in total. The van der Waals surface area contributed by atoms with Crippen molar-refractivity contribution in [1.82, 2.24) is 20.1 Å². The maximum atomic E-state index is 13.4. The van der Waals surface area contributed by atoms with Crippen LogP contribution in [0.3, 0.4) is 0 Å². The summed E-state index contributed by atoms with van der Waals surface area (Å²) < 4.78 is 12.4. The van der Waals surface area contributed by atoms with Gasteiger partial charge in [0.05, 0.1) is 30.9 Å². The van der Waals surface area contributed by atoms with Gasteiger partial charge in [-0.25, -0.2) is 4.98 Å². The Morgan fingerprint density at radius 1 is 1.07 bits per heavy atom. The molecule has 0 saturated carbocycles. The molecule has 6 rings (SSSR count). The maximum Gasteiger partial charge on any atom is 0.255 e. The van der Waals surface area contributed by atoms with Gasteiger partial charge in [-0.2, -0.15) is 5.26 Å². The summed E-state index contributed by atoms with van der Waals surface area (Å²) in [6.45, 7) is 0.818. The number of ether oxygens (including phenoxy) is 2. The molecular formula is C33H35N5O6. The number of aliphatic hydroxyl groups is 1. The first-order valence-corrected chi connectivity index (χ1v) is 14.7. The zero-order chi connectivity index (χ0) is 30.9. The number of aromatic nitrogens is 1. The van der Waals surface area contributed by atoms with Crippen LogP contribution in [0.5, 0.6) is 11.5 Å². The number of fused-ring (bicyclic) bond motifs is 9. The number of likely N-dealkylation sites (tertiary alicyclic amines) is 1. The standard InChI is InChI=1S/C33H35N5O6/c34-18-26-9-8-25(19-35-26)33(42)38-15-13-30-29(20-38)36-31(40)21-37(14-2-16-39)32(41)12-7-23-5-10-27(11-6-23)44-28-4-1-3-24(17-28)22-43-30/h1,3-6,8-11,17,19,29-30,39H,2,7,12-16,20-22H2,(H,36,40)/t29-,30-/m0/s1. The van der Waals surface area contributed by atoms with Crippen molar-refractivity contribution in [3.63, 3.8) is 0 Å². The number of nitrogens with one attached hydrogen (secondary N) is 1. The van der Waals surface area contributed by atoms with Crippen LogP contribution in [-0.4, -0.2) is 82.5 Å². The second kappa shape index (κ2) is 14.6. The number of aliphatic hydroxyl groups excluding tert-OH is 1. The number of piperidine rings is 1. The van der Waals surface area contributed by atoms with E-state index in [2.05, 4.69) is 10.3 Å². The molecule has 0 unspecified atom stereocenters. The Morgan fingerprint density at radius 3 is 2.66 bits per heavy atom. The number of benzene rings is 2. The molecular weight excluding hydrogens is 562 g/mol. The van der Waals surface area contributed by atoms with Gasteiger partial charge < -0.3 is 29.7 Å². The number of carbonyl (C=O) groups is 3. The van der Waals surface area contributed by atoms with Crippen LogP contribution in [0.25, 0.3) is 0 Å². The van der Waals surface area contributed by atoms with E-state index in [-0.39, 0.29) is 62.7 Å². The lowest BCUT2D eigenvalue weighted by Gasteiger charge is -2.39. The first kappa shape index (κ1) is 30.7. The monoisotopic (exact) mass is 597 g/mol. The SMILES string of the molecule is N#Cc1ccc(C(=O)N2CC[C@@H]3OCc4cccc(c4)Oc4ccc(cc4)CCC(=O)N(CCCO)CC(=O)N[C@H]3C2)cn1. The third-order valence-corrected chi connectivity index (χ3v) is 7.73. The van der Waals surface area contributed by atoms with Crippen LogP contribution in [-0.2, 0) is 27.4 Å². The minimum absolute atomic E-state index is 0.104. The van der Waals surface area contributed by atoms with Crippen LogP contribution in [0.1, 0.15) is 46.4 Å². The highest BCUT2D eigenvalue weighted by Gasteiger charge is 2.34. The molecule has 1 fully saturated rings. The average Bonchev–Trinajstić information content (AvgIpc) is 3.05. The van der Waals surface area contributed by atoms with Gasteiger partial charge in [0.25, 0.3) is 5.91 Å². The molecule has 2 aromatic carbocycles. The smallest absolute Gasteiger partial charge is 0.255 e. The van der Waals surface area contributed by atoms with E-state index in [0.29, 0.717) is 42.9 Å². The summed E-state index contributed by atoms with van der Waals surface area (Å²) in [6.07, 6.45) is 2.49. The van der Waals surface area contributed by atoms with E-state index in [4.69, 9.17) is 14.7 Å². The number of hydrogen-bond acceptors (Lipinski definition) is 8. The molecule has 0 spiro atoms. The Hall–Kier alpha value is -4.79. The highest BCUT2D eigenvalue weighted by Crippen LogP contribution is 2.25. The van der Waals surface area contributed by atoms with E-state index >= 15 is 0 Å². The van der Waals surface area contributed by atoms with Gasteiger partial charge in [-0.15, -0.1) is 0 Å². The summed E-state index contributed by atoms with van der Waals surface area (Å²) in [5.74, 6) is 0.505. The summed E-state index contributed by atoms with van der Waals surface area (Å²) in [6, 6.07) is 19.6. The van der Waals surface area contributed by atoms with Crippen LogP contribution < -0.4 is 10.1 Å². The van der Waals surface area contributed by atoms with Crippen molar-refractivity contribution in [3.8, 4) is 17.6 Å². The topological polar surface area (TPSA) is 145 Å². The van der Waals surface area contributed by atoms with Crippen LogP contribution in [0.4, 0.5) is 0 Å². The first-order valence-electron chi connectivity index (χ1n) is 14.7. The van der Waals surface area contributed by atoms with Gasteiger partial charge in [-0.1, -0.05) is 24.3 Å². The van der Waals surface area contributed by atoms with E-state index in [1.807, 2.05) is 54.6 Å². The molecule has 11 heteroatoms. The Bertz CT molecular complexity index is 1500. The number of nitrogens with zero attached hydrogens (tertiary/aromatic N) is 4.